The number of ether oxygens (including phenoxy) is 4. The molecule has 0 fully saturated rings. The predicted octanol–water partition coefficient (Wildman–Crippen LogP) is 4.45. The molecule has 0 radical (unpaired) electrons. The van der Waals surface area contributed by atoms with Crippen molar-refractivity contribution in [3.63, 3.8) is 0 Å². The van der Waals surface area contributed by atoms with Crippen LogP contribution in [-0.2, 0) is 11.2 Å². The summed E-state index contributed by atoms with van der Waals surface area (Å²) < 4.78 is 23.4. The maximum Gasteiger partial charge on any atom is 0.224 e. The monoisotopic (exact) mass is 481 g/mol. The molecular weight excluding hydrogens is 462 g/mol. The second-order valence-corrected chi connectivity index (χ2v) is 8.20. The van der Waals surface area contributed by atoms with Gasteiger partial charge in [0.05, 0.1) is 30.7 Å². The topological polar surface area (TPSA) is 66.0 Å². The number of halogens is 2. The van der Waals surface area contributed by atoms with Crippen molar-refractivity contribution in [3.05, 3.63) is 44.9 Å². The summed E-state index contributed by atoms with van der Waals surface area (Å²) in [5.74, 6) is 2.39. The average molecular weight is 483 g/mol. The van der Waals surface area contributed by atoms with E-state index in [0.29, 0.717) is 54.4 Å². The minimum atomic E-state index is -0.219. The van der Waals surface area contributed by atoms with E-state index in [2.05, 4.69) is 21.2 Å². The molecule has 1 amide bonds. The Balaban J connectivity index is 1.46. The van der Waals surface area contributed by atoms with Gasteiger partial charge in [0.15, 0.2) is 23.0 Å². The smallest absolute Gasteiger partial charge is 0.224 e. The SMILES string of the molecule is CC(NC(=O)Cc1cc(Cl)c2c(c1)OCCCO2)c1cc2c(cc1Br)OCCO2. The van der Waals surface area contributed by atoms with Crippen LogP contribution in [0.15, 0.2) is 28.7 Å². The number of carbonyl (C=O) groups excluding carboxylic acids is 1. The number of amides is 1. The molecular formula is C21H21BrClNO5. The Morgan fingerprint density at radius 1 is 1.03 bits per heavy atom. The van der Waals surface area contributed by atoms with Crippen molar-refractivity contribution >= 4 is 33.4 Å². The summed E-state index contributed by atoms with van der Waals surface area (Å²) in [6, 6.07) is 7.11. The highest BCUT2D eigenvalue weighted by Crippen LogP contribution is 2.39. The molecule has 2 aromatic rings. The van der Waals surface area contributed by atoms with Gasteiger partial charge in [0.2, 0.25) is 5.91 Å². The van der Waals surface area contributed by atoms with Crippen molar-refractivity contribution in [2.24, 2.45) is 0 Å². The van der Waals surface area contributed by atoms with Crippen LogP contribution in [0.5, 0.6) is 23.0 Å². The third-order valence-electron chi connectivity index (χ3n) is 4.73. The van der Waals surface area contributed by atoms with Crippen LogP contribution < -0.4 is 24.3 Å². The van der Waals surface area contributed by atoms with Crippen molar-refractivity contribution in [2.75, 3.05) is 26.4 Å². The summed E-state index contributed by atoms with van der Waals surface area (Å²) in [5, 5.41) is 3.48. The van der Waals surface area contributed by atoms with Crippen LogP contribution in [-0.4, -0.2) is 32.3 Å². The molecule has 0 saturated carbocycles. The number of benzene rings is 2. The maximum absolute atomic E-state index is 12.6. The van der Waals surface area contributed by atoms with Crippen LogP contribution in [0.3, 0.4) is 0 Å². The van der Waals surface area contributed by atoms with Crippen molar-refractivity contribution in [2.45, 2.75) is 25.8 Å². The van der Waals surface area contributed by atoms with E-state index in [4.69, 9.17) is 30.5 Å². The van der Waals surface area contributed by atoms with Gasteiger partial charge in [-0.15, -0.1) is 0 Å². The number of nitrogens with one attached hydrogen (secondary N) is 1. The maximum atomic E-state index is 12.6. The van der Waals surface area contributed by atoms with Gasteiger partial charge in [0.25, 0.3) is 0 Å². The summed E-state index contributed by atoms with van der Waals surface area (Å²) >= 11 is 9.88. The third-order valence-corrected chi connectivity index (χ3v) is 5.70. The standard InChI is InChI=1S/C21H21BrClNO5/c1-12(14-10-17-18(11-15(14)22)28-6-5-27-17)24-20(25)9-13-7-16(23)21-19(8-13)26-3-2-4-29-21/h7-8,10-12H,2-6,9H2,1H3,(H,24,25). The lowest BCUT2D eigenvalue weighted by Gasteiger charge is -2.22. The third kappa shape index (κ3) is 4.56. The first kappa shape index (κ1) is 20.2. The molecule has 0 spiro atoms. The van der Waals surface area contributed by atoms with E-state index >= 15 is 0 Å². The fraction of sp³-hybridized carbons (Fsp3) is 0.381. The number of hydrogen-bond acceptors (Lipinski definition) is 5. The molecule has 2 heterocycles. The number of fused-ring (bicyclic) bond motifs is 2. The van der Waals surface area contributed by atoms with Crippen LogP contribution >= 0.6 is 27.5 Å². The van der Waals surface area contributed by atoms with Crippen LogP contribution in [0.1, 0.15) is 30.5 Å². The minimum Gasteiger partial charge on any atom is -0.489 e. The molecule has 29 heavy (non-hydrogen) atoms. The van der Waals surface area contributed by atoms with Gasteiger partial charge in [-0.1, -0.05) is 27.5 Å². The lowest BCUT2D eigenvalue weighted by atomic mass is 10.1. The number of hydrogen-bond donors (Lipinski definition) is 1. The molecule has 0 aliphatic carbocycles. The van der Waals surface area contributed by atoms with Gasteiger partial charge < -0.3 is 24.3 Å². The highest BCUT2D eigenvalue weighted by atomic mass is 79.9. The second kappa shape index (κ2) is 8.71. The molecule has 0 saturated heterocycles. The van der Waals surface area contributed by atoms with E-state index in [0.717, 1.165) is 22.0 Å². The highest BCUT2D eigenvalue weighted by molar-refractivity contribution is 9.10. The molecule has 0 bridgehead atoms. The van der Waals surface area contributed by atoms with Gasteiger partial charge in [-0.05, 0) is 42.3 Å². The summed E-state index contributed by atoms with van der Waals surface area (Å²) in [5.41, 5.74) is 1.68. The van der Waals surface area contributed by atoms with Gasteiger partial charge >= 0.3 is 0 Å². The molecule has 1 unspecified atom stereocenters. The van der Waals surface area contributed by atoms with Crippen molar-refractivity contribution in [3.8, 4) is 23.0 Å². The molecule has 2 aromatic carbocycles. The lowest BCUT2D eigenvalue weighted by Crippen LogP contribution is -2.28. The van der Waals surface area contributed by atoms with Crippen LogP contribution in [0.25, 0.3) is 0 Å². The molecule has 1 atom stereocenters. The first-order chi connectivity index (χ1) is 14.0. The molecule has 2 aliphatic heterocycles. The van der Waals surface area contributed by atoms with Gasteiger partial charge in [-0.25, -0.2) is 0 Å². The Bertz CT molecular complexity index is 936. The summed E-state index contributed by atoms with van der Waals surface area (Å²) in [6.07, 6.45) is 0.978. The van der Waals surface area contributed by atoms with Crippen molar-refractivity contribution < 1.29 is 23.7 Å². The van der Waals surface area contributed by atoms with Gasteiger partial charge in [-0.2, -0.15) is 0 Å². The minimum absolute atomic E-state index is 0.121. The fourth-order valence-corrected chi connectivity index (χ4v) is 4.31. The molecule has 154 valence electrons. The largest absolute Gasteiger partial charge is 0.489 e. The summed E-state index contributed by atoms with van der Waals surface area (Å²) in [4.78, 5) is 12.6. The summed E-state index contributed by atoms with van der Waals surface area (Å²) in [7, 11) is 0. The number of carbonyl (C=O) groups is 1. The Morgan fingerprint density at radius 2 is 1.72 bits per heavy atom. The Labute approximate surface area is 182 Å². The van der Waals surface area contributed by atoms with E-state index in [9.17, 15) is 4.79 Å². The zero-order valence-corrected chi connectivity index (χ0v) is 18.3. The van der Waals surface area contributed by atoms with E-state index in [1.807, 2.05) is 25.1 Å². The predicted molar refractivity (Wildman–Crippen MR) is 112 cm³/mol. The molecule has 0 aromatic heterocycles. The Kier molecular flexibility index (Phi) is 6.06. The zero-order valence-electron chi connectivity index (χ0n) is 15.9. The molecule has 2 aliphatic rings. The first-order valence-corrected chi connectivity index (χ1v) is 10.6. The zero-order chi connectivity index (χ0) is 20.4. The summed E-state index contributed by atoms with van der Waals surface area (Å²) in [6.45, 7) is 4.10. The average Bonchev–Trinajstić information content (AvgIpc) is 2.93. The van der Waals surface area contributed by atoms with Gasteiger partial charge in [0.1, 0.15) is 13.2 Å². The van der Waals surface area contributed by atoms with Gasteiger partial charge in [0, 0.05) is 10.9 Å². The van der Waals surface area contributed by atoms with Crippen LogP contribution in [0, 0.1) is 0 Å². The van der Waals surface area contributed by atoms with E-state index in [1.165, 1.54) is 0 Å². The normalized spacial score (nSPS) is 16.0. The molecule has 8 heteroatoms. The number of rotatable bonds is 4. The second-order valence-electron chi connectivity index (χ2n) is 6.94. The van der Waals surface area contributed by atoms with Crippen LogP contribution in [0.2, 0.25) is 5.02 Å². The van der Waals surface area contributed by atoms with Crippen molar-refractivity contribution in [1.29, 1.82) is 0 Å². The van der Waals surface area contributed by atoms with E-state index < -0.39 is 0 Å². The van der Waals surface area contributed by atoms with Crippen LogP contribution in [0.4, 0.5) is 0 Å². The molecule has 1 N–H and O–H groups in total. The highest BCUT2D eigenvalue weighted by Gasteiger charge is 2.21. The first-order valence-electron chi connectivity index (χ1n) is 9.47. The fourth-order valence-electron chi connectivity index (χ4n) is 3.35. The molecule has 4 rings (SSSR count). The molecule has 6 nitrogen and oxygen atoms in total. The van der Waals surface area contributed by atoms with Crippen molar-refractivity contribution in [1.82, 2.24) is 5.32 Å². The lowest BCUT2D eigenvalue weighted by molar-refractivity contribution is -0.121. The van der Waals surface area contributed by atoms with E-state index in [1.54, 1.807) is 6.07 Å². The quantitative estimate of drug-likeness (QED) is 0.697. The Hall–Kier alpha value is -2.12. The van der Waals surface area contributed by atoms with Gasteiger partial charge in [-0.3, -0.25) is 4.79 Å². The Morgan fingerprint density at radius 3 is 2.52 bits per heavy atom. The van der Waals surface area contributed by atoms with E-state index in [-0.39, 0.29) is 18.4 Å².